The minimum Gasteiger partial charge on any atom is -0.366 e. The SMILES string of the molecule is CCN(C)C=Nc1cc(C)c(Nc2cc(C)cc(F)c2)cc1C. The molecule has 0 aromatic heterocycles. The Hall–Kier alpha value is -2.36. The Morgan fingerprint density at radius 3 is 2.48 bits per heavy atom. The first kappa shape index (κ1) is 17.0. The lowest BCUT2D eigenvalue weighted by Gasteiger charge is -2.14. The molecule has 2 rings (SSSR count). The lowest BCUT2D eigenvalue weighted by molar-refractivity contribution is 0.552. The van der Waals surface area contributed by atoms with Crippen molar-refractivity contribution in [2.75, 3.05) is 18.9 Å². The minimum absolute atomic E-state index is 0.231. The van der Waals surface area contributed by atoms with E-state index >= 15 is 0 Å². The fraction of sp³-hybridized carbons (Fsp3) is 0.316. The molecule has 0 aliphatic rings. The topological polar surface area (TPSA) is 27.6 Å². The van der Waals surface area contributed by atoms with Crippen molar-refractivity contribution in [2.45, 2.75) is 27.7 Å². The Labute approximate surface area is 137 Å². The Balaban J connectivity index is 2.27. The molecule has 4 heteroatoms. The molecule has 0 fully saturated rings. The molecule has 2 aromatic carbocycles. The second kappa shape index (κ2) is 7.27. The lowest BCUT2D eigenvalue weighted by atomic mass is 10.1. The first-order valence-corrected chi connectivity index (χ1v) is 7.79. The van der Waals surface area contributed by atoms with Gasteiger partial charge in [-0.15, -0.1) is 0 Å². The fourth-order valence-corrected chi connectivity index (χ4v) is 2.28. The molecule has 0 unspecified atom stereocenters. The maximum Gasteiger partial charge on any atom is 0.125 e. The maximum absolute atomic E-state index is 13.5. The molecule has 0 aliphatic heterocycles. The summed E-state index contributed by atoms with van der Waals surface area (Å²) in [5, 5.41) is 3.30. The van der Waals surface area contributed by atoms with Gasteiger partial charge in [-0.05, 0) is 74.7 Å². The third-order valence-corrected chi connectivity index (χ3v) is 3.76. The van der Waals surface area contributed by atoms with Crippen LogP contribution in [-0.4, -0.2) is 24.8 Å². The normalized spacial score (nSPS) is 11.0. The number of aryl methyl sites for hydroxylation is 3. The average molecular weight is 313 g/mol. The van der Waals surface area contributed by atoms with Gasteiger partial charge in [0.25, 0.3) is 0 Å². The van der Waals surface area contributed by atoms with Gasteiger partial charge in [-0.1, -0.05) is 0 Å². The van der Waals surface area contributed by atoms with E-state index in [-0.39, 0.29) is 5.82 Å². The summed E-state index contributed by atoms with van der Waals surface area (Å²) in [6, 6.07) is 9.05. The molecule has 122 valence electrons. The van der Waals surface area contributed by atoms with Gasteiger partial charge in [-0.25, -0.2) is 9.38 Å². The van der Waals surface area contributed by atoms with Crippen molar-refractivity contribution in [3.05, 3.63) is 52.8 Å². The number of aliphatic imine (C=N–C) groups is 1. The number of rotatable bonds is 5. The maximum atomic E-state index is 13.5. The number of benzene rings is 2. The van der Waals surface area contributed by atoms with E-state index in [0.29, 0.717) is 0 Å². The van der Waals surface area contributed by atoms with Crippen LogP contribution in [0.2, 0.25) is 0 Å². The zero-order valence-corrected chi connectivity index (χ0v) is 14.4. The molecular formula is C19H24FN3. The zero-order chi connectivity index (χ0) is 17.0. The van der Waals surface area contributed by atoms with E-state index < -0.39 is 0 Å². The summed E-state index contributed by atoms with van der Waals surface area (Å²) >= 11 is 0. The predicted molar refractivity (Wildman–Crippen MR) is 96.8 cm³/mol. The van der Waals surface area contributed by atoms with Gasteiger partial charge in [-0.3, -0.25) is 0 Å². The van der Waals surface area contributed by atoms with Gasteiger partial charge in [-0.2, -0.15) is 0 Å². The Kier molecular flexibility index (Phi) is 5.37. The molecule has 0 bridgehead atoms. The average Bonchev–Trinajstić information content (AvgIpc) is 2.47. The molecule has 0 amide bonds. The van der Waals surface area contributed by atoms with Gasteiger partial charge in [0.1, 0.15) is 5.82 Å². The highest BCUT2D eigenvalue weighted by Crippen LogP contribution is 2.29. The van der Waals surface area contributed by atoms with Gasteiger partial charge >= 0.3 is 0 Å². The second-order valence-corrected chi connectivity index (χ2v) is 5.91. The Morgan fingerprint density at radius 1 is 1.09 bits per heavy atom. The molecule has 23 heavy (non-hydrogen) atoms. The number of nitrogens with zero attached hydrogens (tertiary/aromatic N) is 2. The van der Waals surface area contributed by atoms with Crippen LogP contribution in [0.4, 0.5) is 21.5 Å². The Bertz CT molecular complexity index is 703. The van der Waals surface area contributed by atoms with Crippen LogP contribution in [0, 0.1) is 26.6 Å². The highest BCUT2D eigenvalue weighted by Gasteiger charge is 2.06. The summed E-state index contributed by atoms with van der Waals surface area (Å²) in [6.07, 6.45) is 1.84. The quantitative estimate of drug-likeness (QED) is 0.614. The number of halogens is 1. The molecule has 0 heterocycles. The fourth-order valence-electron chi connectivity index (χ4n) is 2.28. The van der Waals surface area contributed by atoms with E-state index in [1.165, 1.54) is 12.1 Å². The predicted octanol–water partition coefficient (Wildman–Crippen LogP) is 5.11. The smallest absolute Gasteiger partial charge is 0.125 e. The number of hydrogen-bond acceptors (Lipinski definition) is 2. The second-order valence-electron chi connectivity index (χ2n) is 5.91. The molecular weight excluding hydrogens is 289 g/mol. The van der Waals surface area contributed by atoms with Crippen molar-refractivity contribution in [1.29, 1.82) is 0 Å². The van der Waals surface area contributed by atoms with Crippen LogP contribution in [0.1, 0.15) is 23.6 Å². The van der Waals surface area contributed by atoms with E-state index in [2.05, 4.69) is 17.2 Å². The minimum atomic E-state index is -0.231. The number of nitrogens with one attached hydrogen (secondary N) is 1. The van der Waals surface area contributed by atoms with Crippen molar-refractivity contribution in [3.63, 3.8) is 0 Å². The van der Waals surface area contributed by atoms with Crippen LogP contribution in [0.25, 0.3) is 0 Å². The molecule has 0 saturated heterocycles. The van der Waals surface area contributed by atoms with Crippen molar-refractivity contribution in [3.8, 4) is 0 Å². The summed E-state index contributed by atoms with van der Waals surface area (Å²) in [6.45, 7) is 8.93. The highest BCUT2D eigenvalue weighted by molar-refractivity contribution is 5.70. The van der Waals surface area contributed by atoms with Crippen LogP contribution in [-0.2, 0) is 0 Å². The lowest BCUT2D eigenvalue weighted by Crippen LogP contribution is -2.14. The first-order valence-electron chi connectivity index (χ1n) is 7.79. The monoisotopic (exact) mass is 313 g/mol. The summed E-state index contributed by atoms with van der Waals surface area (Å²) in [5.74, 6) is -0.231. The van der Waals surface area contributed by atoms with Crippen LogP contribution in [0.5, 0.6) is 0 Å². The van der Waals surface area contributed by atoms with Crippen molar-refractivity contribution in [1.82, 2.24) is 4.90 Å². The van der Waals surface area contributed by atoms with Gasteiger partial charge in [0.2, 0.25) is 0 Å². The molecule has 0 atom stereocenters. The van der Waals surface area contributed by atoms with E-state index in [9.17, 15) is 4.39 Å². The van der Waals surface area contributed by atoms with Gasteiger partial charge in [0.05, 0.1) is 12.0 Å². The van der Waals surface area contributed by atoms with Crippen LogP contribution < -0.4 is 5.32 Å². The highest BCUT2D eigenvalue weighted by atomic mass is 19.1. The molecule has 1 N–H and O–H groups in total. The molecule has 0 saturated carbocycles. The van der Waals surface area contributed by atoms with E-state index in [1.54, 1.807) is 0 Å². The Morgan fingerprint density at radius 2 is 1.83 bits per heavy atom. The van der Waals surface area contributed by atoms with Crippen LogP contribution >= 0.6 is 0 Å². The van der Waals surface area contributed by atoms with Gasteiger partial charge in [0.15, 0.2) is 0 Å². The van der Waals surface area contributed by atoms with Gasteiger partial charge in [0, 0.05) is 25.0 Å². The molecule has 0 spiro atoms. The van der Waals surface area contributed by atoms with E-state index in [4.69, 9.17) is 0 Å². The number of hydrogen-bond donors (Lipinski definition) is 1. The summed E-state index contributed by atoms with van der Waals surface area (Å²) in [7, 11) is 1.99. The standard InChI is InChI=1S/C19H24FN3/c1-6-23(5)12-21-18-9-15(4)19(10-14(18)3)22-17-8-13(2)7-16(20)11-17/h7-12,22H,6H2,1-5H3. The third-order valence-electron chi connectivity index (χ3n) is 3.76. The van der Waals surface area contributed by atoms with Crippen molar-refractivity contribution in [2.24, 2.45) is 4.99 Å². The zero-order valence-electron chi connectivity index (χ0n) is 14.4. The van der Waals surface area contributed by atoms with Crippen LogP contribution in [0.15, 0.2) is 35.3 Å². The van der Waals surface area contributed by atoms with E-state index in [1.807, 2.05) is 57.3 Å². The number of anilines is 2. The van der Waals surface area contributed by atoms with Gasteiger partial charge < -0.3 is 10.2 Å². The molecule has 0 radical (unpaired) electrons. The van der Waals surface area contributed by atoms with E-state index in [0.717, 1.165) is 40.3 Å². The van der Waals surface area contributed by atoms with Crippen molar-refractivity contribution >= 4 is 23.4 Å². The summed E-state index contributed by atoms with van der Waals surface area (Å²) in [5.41, 5.74) is 5.72. The molecule has 0 aliphatic carbocycles. The summed E-state index contributed by atoms with van der Waals surface area (Å²) < 4.78 is 13.5. The van der Waals surface area contributed by atoms with Crippen LogP contribution in [0.3, 0.4) is 0 Å². The largest absolute Gasteiger partial charge is 0.366 e. The first-order chi connectivity index (χ1) is 10.9. The molecule has 2 aromatic rings. The third kappa shape index (κ3) is 4.55. The summed E-state index contributed by atoms with van der Waals surface area (Å²) in [4.78, 5) is 6.55. The molecule has 3 nitrogen and oxygen atoms in total. The van der Waals surface area contributed by atoms with Crippen molar-refractivity contribution < 1.29 is 4.39 Å².